The highest BCUT2D eigenvalue weighted by molar-refractivity contribution is 5.18. The van der Waals surface area contributed by atoms with Crippen molar-refractivity contribution in [1.82, 2.24) is 5.32 Å². The van der Waals surface area contributed by atoms with E-state index in [1.807, 2.05) is 12.1 Å². The van der Waals surface area contributed by atoms with Crippen LogP contribution in [0.25, 0.3) is 0 Å². The highest BCUT2D eigenvalue weighted by Crippen LogP contribution is 2.27. The van der Waals surface area contributed by atoms with Crippen molar-refractivity contribution in [3.8, 4) is 0 Å². The van der Waals surface area contributed by atoms with Gasteiger partial charge >= 0.3 is 0 Å². The van der Waals surface area contributed by atoms with Crippen molar-refractivity contribution in [1.29, 1.82) is 0 Å². The minimum absolute atomic E-state index is 0.0884. The molecule has 2 unspecified atom stereocenters. The smallest absolute Gasteiger partial charge is 0.123 e. The quantitative estimate of drug-likeness (QED) is 0.846. The molecule has 1 N–H and O–H groups in total. The van der Waals surface area contributed by atoms with Gasteiger partial charge < -0.3 is 10.1 Å². The number of ether oxygens (including phenoxy) is 1. The number of benzene rings is 1. The van der Waals surface area contributed by atoms with Crippen LogP contribution in [0.2, 0.25) is 0 Å². The van der Waals surface area contributed by atoms with Crippen molar-refractivity contribution >= 4 is 0 Å². The van der Waals surface area contributed by atoms with Crippen LogP contribution in [-0.4, -0.2) is 20.2 Å². The molecule has 0 spiro atoms. The third kappa shape index (κ3) is 2.80. The molecule has 0 radical (unpaired) electrons. The predicted octanol–water partition coefficient (Wildman–Crippen LogP) is 2.51. The Morgan fingerprint density at radius 1 is 1.44 bits per heavy atom. The Morgan fingerprint density at radius 3 is 2.75 bits per heavy atom. The van der Waals surface area contributed by atoms with Crippen LogP contribution in [0.3, 0.4) is 0 Å². The van der Waals surface area contributed by atoms with Gasteiger partial charge in [-0.05, 0) is 49.5 Å². The van der Waals surface area contributed by atoms with Crippen LogP contribution in [-0.2, 0) is 4.74 Å². The summed E-state index contributed by atoms with van der Waals surface area (Å²) in [6, 6.07) is 6.61. The van der Waals surface area contributed by atoms with E-state index in [9.17, 15) is 4.39 Å². The largest absolute Gasteiger partial charge is 0.377 e. The maximum atomic E-state index is 12.8. The Balaban J connectivity index is 2.00. The lowest BCUT2D eigenvalue weighted by Crippen LogP contribution is -2.13. The molecule has 2 atom stereocenters. The van der Waals surface area contributed by atoms with Crippen LogP contribution in [0.5, 0.6) is 0 Å². The fraction of sp³-hybridized carbons (Fsp3) is 0.538. The van der Waals surface area contributed by atoms with E-state index in [2.05, 4.69) is 5.32 Å². The monoisotopic (exact) mass is 223 g/mol. The fourth-order valence-corrected chi connectivity index (χ4v) is 2.26. The molecule has 1 aliphatic heterocycles. The third-order valence-electron chi connectivity index (χ3n) is 3.24. The van der Waals surface area contributed by atoms with E-state index in [0.717, 1.165) is 25.1 Å². The number of methoxy groups -OCH3 is 1. The number of nitrogens with one attached hydrogen (secondary N) is 1. The number of rotatable bonds is 4. The summed E-state index contributed by atoms with van der Waals surface area (Å²) in [4.78, 5) is 0. The first-order chi connectivity index (χ1) is 7.79. The molecule has 0 amide bonds. The van der Waals surface area contributed by atoms with Crippen LogP contribution in [0.4, 0.5) is 4.39 Å². The summed E-state index contributed by atoms with van der Waals surface area (Å²) in [7, 11) is 1.72. The van der Waals surface area contributed by atoms with Crippen molar-refractivity contribution in [2.75, 3.05) is 20.2 Å². The van der Waals surface area contributed by atoms with E-state index in [4.69, 9.17) is 4.74 Å². The van der Waals surface area contributed by atoms with Crippen LogP contribution >= 0.6 is 0 Å². The van der Waals surface area contributed by atoms with Crippen molar-refractivity contribution in [2.45, 2.75) is 18.9 Å². The van der Waals surface area contributed by atoms with Gasteiger partial charge in [-0.15, -0.1) is 0 Å². The van der Waals surface area contributed by atoms with Gasteiger partial charge in [-0.3, -0.25) is 0 Å². The molecule has 1 aromatic carbocycles. The Kier molecular flexibility index (Phi) is 3.91. The molecule has 2 rings (SSSR count). The normalized spacial score (nSPS) is 22.2. The van der Waals surface area contributed by atoms with Crippen LogP contribution in [0.1, 0.15) is 24.5 Å². The van der Waals surface area contributed by atoms with Crippen molar-refractivity contribution in [3.05, 3.63) is 35.6 Å². The van der Waals surface area contributed by atoms with E-state index in [0.29, 0.717) is 5.92 Å². The summed E-state index contributed by atoms with van der Waals surface area (Å²) >= 11 is 0. The summed E-state index contributed by atoms with van der Waals surface area (Å²) in [6.07, 6.45) is 2.31. The predicted molar refractivity (Wildman–Crippen MR) is 61.7 cm³/mol. The molecule has 0 saturated carbocycles. The van der Waals surface area contributed by atoms with Gasteiger partial charge in [0.15, 0.2) is 0 Å². The summed E-state index contributed by atoms with van der Waals surface area (Å²) in [5.74, 6) is 0.483. The molecule has 1 saturated heterocycles. The molecule has 3 heteroatoms. The summed E-state index contributed by atoms with van der Waals surface area (Å²) in [5.41, 5.74) is 1.07. The first-order valence-corrected chi connectivity index (χ1v) is 5.78. The zero-order valence-electron chi connectivity index (χ0n) is 9.58. The van der Waals surface area contributed by atoms with E-state index in [1.54, 1.807) is 7.11 Å². The average molecular weight is 223 g/mol. The molecule has 1 aliphatic rings. The van der Waals surface area contributed by atoms with Gasteiger partial charge in [-0.25, -0.2) is 4.39 Å². The molecule has 0 bridgehead atoms. The molecule has 0 aromatic heterocycles. The maximum absolute atomic E-state index is 12.8. The molecular weight excluding hydrogens is 205 g/mol. The fourth-order valence-electron chi connectivity index (χ4n) is 2.26. The first-order valence-electron chi connectivity index (χ1n) is 5.78. The number of hydrogen-bond acceptors (Lipinski definition) is 2. The average Bonchev–Trinajstić information content (AvgIpc) is 2.80. The molecule has 2 nitrogen and oxygen atoms in total. The lowest BCUT2D eigenvalue weighted by molar-refractivity contribution is 0.0824. The highest BCUT2D eigenvalue weighted by Gasteiger charge is 2.20. The third-order valence-corrected chi connectivity index (χ3v) is 3.24. The summed E-state index contributed by atoms with van der Waals surface area (Å²) < 4.78 is 18.3. The lowest BCUT2D eigenvalue weighted by atomic mass is 9.96. The van der Waals surface area contributed by atoms with Crippen molar-refractivity contribution in [3.63, 3.8) is 0 Å². The van der Waals surface area contributed by atoms with E-state index in [1.165, 1.54) is 18.6 Å². The Labute approximate surface area is 95.8 Å². The molecule has 1 heterocycles. The van der Waals surface area contributed by atoms with Gasteiger partial charge in [0.25, 0.3) is 0 Å². The second-order valence-corrected chi connectivity index (χ2v) is 4.37. The molecular formula is C13H18FNO. The van der Waals surface area contributed by atoms with Gasteiger partial charge in [0.05, 0.1) is 6.10 Å². The molecule has 88 valence electrons. The lowest BCUT2D eigenvalue weighted by Gasteiger charge is -2.19. The van der Waals surface area contributed by atoms with Crippen LogP contribution < -0.4 is 5.32 Å². The van der Waals surface area contributed by atoms with Crippen molar-refractivity contribution < 1.29 is 9.13 Å². The Bertz CT molecular complexity index is 319. The zero-order valence-corrected chi connectivity index (χ0v) is 9.58. The number of halogens is 1. The molecule has 16 heavy (non-hydrogen) atoms. The zero-order chi connectivity index (χ0) is 11.4. The SMILES string of the molecule is COC(CC1CCNC1)c1ccc(F)cc1. The second-order valence-electron chi connectivity index (χ2n) is 4.37. The first kappa shape index (κ1) is 11.6. The van der Waals surface area contributed by atoms with Gasteiger partial charge in [0.1, 0.15) is 5.82 Å². The van der Waals surface area contributed by atoms with Crippen molar-refractivity contribution in [2.24, 2.45) is 5.92 Å². The topological polar surface area (TPSA) is 21.3 Å². The minimum Gasteiger partial charge on any atom is -0.377 e. The van der Waals surface area contributed by atoms with Gasteiger partial charge in [-0.2, -0.15) is 0 Å². The van der Waals surface area contributed by atoms with Gasteiger partial charge in [0, 0.05) is 7.11 Å². The van der Waals surface area contributed by atoms with E-state index >= 15 is 0 Å². The Morgan fingerprint density at radius 2 is 2.19 bits per heavy atom. The number of hydrogen-bond donors (Lipinski definition) is 1. The van der Waals surface area contributed by atoms with Gasteiger partial charge in [0.2, 0.25) is 0 Å². The second kappa shape index (κ2) is 5.41. The molecule has 1 aromatic rings. The van der Waals surface area contributed by atoms with E-state index < -0.39 is 0 Å². The molecule has 0 aliphatic carbocycles. The van der Waals surface area contributed by atoms with Gasteiger partial charge in [-0.1, -0.05) is 12.1 Å². The Hall–Kier alpha value is -0.930. The van der Waals surface area contributed by atoms with Crippen LogP contribution in [0, 0.1) is 11.7 Å². The minimum atomic E-state index is -0.193. The standard InChI is InChI=1S/C13H18FNO/c1-16-13(8-10-6-7-15-9-10)11-2-4-12(14)5-3-11/h2-5,10,13,15H,6-9H2,1H3. The highest BCUT2D eigenvalue weighted by atomic mass is 19.1. The van der Waals surface area contributed by atoms with Crippen LogP contribution in [0.15, 0.2) is 24.3 Å². The summed E-state index contributed by atoms with van der Waals surface area (Å²) in [6.45, 7) is 2.17. The maximum Gasteiger partial charge on any atom is 0.123 e. The molecule has 1 fully saturated rings. The summed E-state index contributed by atoms with van der Waals surface area (Å²) in [5, 5.41) is 3.35. The van der Waals surface area contributed by atoms with E-state index in [-0.39, 0.29) is 11.9 Å².